The van der Waals surface area contributed by atoms with Gasteiger partial charge in [-0.1, -0.05) is 36.4 Å². The number of thiazole rings is 1. The zero-order chi connectivity index (χ0) is 23.8. The molecule has 1 heterocycles. The summed E-state index contributed by atoms with van der Waals surface area (Å²) >= 11 is 1.47. The number of nitrogens with zero attached hydrogens (tertiary/aromatic N) is 2. The average molecular weight is 474 g/mol. The third-order valence-corrected chi connectivity index (χ3v) is 5.47. The summed E-state index contributed by atoms with van der Waals surface area (Å²) in [5.74, 6) is 0.853. The van der Waals surface area contributed by atoms with Crippen LogP contribution in [-0.2, 0) is 0 Å². The summed E-state index contributed by atoms with van der Waals surface area (Å²) in [5.41, 5.74) is 6.06. The number of carbonyl (C=O) groups is 1. The van der Waals surface area contributed by atoms with Crippen LogP contribution in [0.3, 0.4) is 0 Å². The molecular formula is C26H23N3O4S. The third kappa shape index (κ3) is 5.79. The standard InChI is InChI=1S/C26H23N3O4S/c1-3-32-24-14-18(12-13-23(24)33-25(30)20-10-7-11-21(15-20)31-2)16-27-29-26-28-22(17-34-26)19-8-5-4-6-9-19/h4-17H,3H2,1-2H3,(H,28,29). The van der Waals surface area contributed by atoms with Crippen molar-refractivity contribution >= 4 is 28.7 Å². The minimum absolute atomic E-state index is 0.326. The van der Waals surface area contributed by atoms with E-state index in [9.17, 15) is 4.79 Å². The van der Waals surface area contributed by atoms with Crippen molar-refractivity contribution in [1.29, 1.82) is 0 Å². The monoisotopic (exact) mass is 473 g/mol. The van der Waals surface area contributed by atoms with Gasteiger partial charge in [0.1, 0.15) is 5.75 Å². The molecule has 0 aliphatic carbocycles. The number of ether oxygens (including phenoxy) is 3. The van der Waals surface area contributed by atoms with Gasteiger partial charge >= 0.3 is 5.97 Å². The molecule has 4 rings (SSSR count). The average Bonchev–Trinajstić information content (AvgIpc) is 3.35. The molecule has 0 spiro atoms. The molecule has 0 amide bonds. The van der Waals surface area contributed by atoms with Crippen LogP contribution in [0.25, 0.3) is 11.3 Å². The van der Waals surface area contributed by atoms with E-state index in [1.165, 1.54) is 11.3 Å². The lowest BCUT2D eigenvalue weighted by Crippen LogP contribution is -2.10. The fourth-order valence-electron chi connectivity index (χ4n) is 3.10. The molecule has 172 valence electrons. The summed E-state index contributed by atoms with van der Waals surface area (Å²) in [4.78, 5) is 17.1. The van der Waals surface area contributed by atoms with E-state index in [-0.39, 0.29) is 0 Å². The minimum atomic E-state index is -0.499. The number of aromatic nitrogens is 1. The molecule has 1 aromatic heterocycles. The Morgan fingerprint density at radius 2 is 1.91 bits per heavy atom. The van der Waals surface area contributed by atoms with Gasteiger partial charge in [-0.2, -0.15) is 5.10 Å². The molecule has 1 N–H and O–H groups in total. The van der Waals surface area contributed by atoms with E-state index < -0.39 is 5.97 Å². The minimum Gasteiger partial charge on any atom is -0.497 e. The number of hydrogen-bond donors (Lipinski definition) is 1. The molecule has 0 saturated carbocycles. The van der Waals surface area contributed by atoms with E-state index >= 15 is 0 Å². The van der Waals surface area contributed by atoms with Crippen molar-refractivity contribution in [2.45, 2.75) is 6.92 Å². The van der Waals surface area contributed by atoms with Crippen molar-refractivity contribution in [3.8, 4) is 28.5 Å². The SMILES string of the molecule is CCOc1cc(C=NNc2nc(-c3ccccc3)cs2)ccc1OC(=O)c1cccc(OC)c1. The first-order valence-electron chi connectivity index (χ1n) is 10.6. The number of hydrazone groups is 1. The van der Waals surface area contributed by atoms with E-state index in [4.69, 9.17) is 14.2 Å². The van der Waals surface area contributed by atoms with Gasteiger partial charge in [0.15, 0.2) is 11.5 Å². The molecular weight excluding hydrogens is 450 g/mol. The number of anilines is 1. The van der Waals surface area contributed by atoms with Crippen molar-refractivity contribution < 1.29 is 19.0 Å². The van der Waals surface area contributed by atoms with Crippen molar-refractivity contribution in [3.63, 3.8) is 0 Å². The Labute approximate surface area is 201 Å². The first kappa shape index (κ1) is 23.0. The van der Waals surface area contributed by atoms with Crippen LogP contribution >= 0.6 is 11.3 Å². The van der Waals surface area contributed by atoms with Crippen molar-refractivity contribution in [1.82, 2.24) is 4.98 Å². The summed E-state index contributed by atoms with van der Waals surface area (Å²) in [6, 6.07) is 22.0. The molecule has 34 heavy (non-hydrogen) atoms. The summed E-state index contributed by atoms with van der Waals surface area (Å²) < 4.78 is 16.4. The molecule has 0 aliphatic rings. The highest BCUT2D eigenvalue weighted by atomic mass is 32.1. The lowest BCUT2D eigenvalue weighted by atomic mass is 10.2. The number of nitrogens with one attached hydrogen (secondary N) is 1. The van der Waals surface area contributed by atoms with Gasteiger partial charge in [0.2, 0.25) is 5.13 Å². The maximum atomic E-state index is 12.6. The second-order valence-corrected chi connectivity index (χ2v) is 7.89. The highest BCUT2D eigenvalue weighted by molar-refractivity contribution is 7.14. The maximum Gasteiger partial charge on any atom is 0.343 e. The molecule has 4 aromatic rings. The van der Waals surface area contributed by atoms with Crippen LogP contribution in [0.4, 0.5) is 5.13 Å². The number of hydrogen-bond acceptors (Lipinski definition) is 8. The molecule has 0 radical (unpaired) electrons. The zero-order valence-corrected chi connectivity index (χ0v) is 19.5. The van der Waals surface area contributed by atoms with Gasteiger partial charge < -0.3 is 14.2 Å². The quantitative estimate of drug-likeness (QED) is 0.141. The summed E-state index contributed by atoms with van der Waals surface area (Å²) in [7, 11) is 1.55. The molecule has 0 bridgehead atoms. The number of esters is 1. The maximum absolute atomic E-state index is 12.6. The highest BCUT2D eigenvalue weighted by Crippen LogP contribution is 2.29. The number of carbonyl (C=O) groups excluding carboxylic acids is 1. The molecule has 7 nitrogen and oxygen atoms in total. The normalized spacial score (nSPS) is 10.8. The fraction of sp³-hybridized carbons (Fsp3) is 0.115. The zero-order valence-electron chi connectivity index (χ0n) is 18.7. The lowest BCUT2D eigenvalue weighted by molar-refractivity contribution is 0.0728. The number of benzene rings is 3. The van der Waals surface area contributed by atoms with Gasteiger partial charge in [-0.05, 0) is 48.9 Å². The molecule has 0 unspecified atom stereocenters. The van der Waals surface area contributed by atoms with E-state index in [1.807, 2.05) is 42.6 Å². The molecule has 0 aliphatic heterocycles. The summed E-state index contributed by atoms with van der Waals surface area (Å²) in [6.45, 7) is 2.28. The van der Waals surface area contributed by atoms with E-state index in [1.54, 1.807) is 55.8 Å². The first-order valence-corrected chi connectivity index (χ1v) is 11.5. The van der Waals surface area contributed by atoms with Gasteiger partial charge in [0, 0.05) is 10.9 Å². The topological polar surface area (TPSA) is 82.0 Å². The van der Waals surface area contributed by atoms with Crippen molar-refractivity contribution in [2.24, 2.45) is 5.10 Å². The van der Waals surface area contributed by atoms with Crippen molar-refractivity contribution in [2.75, 3.05) is 19.1 Å². The van der Waals surface area contributed by atoms with E-state index in [0.29, 0.717) is 34.6 Å². The van der Waals surface area contributed by atoms with Crippen LogP contribution in [0.2, 0.25) is 0 Å². The predicted octanol–water partition coefficient (Wildman–Crippen LogP) is 5.88. The van der Waals surface area contributed by atoms with Crippen LogP contribution < -0.4 is 19.6 Å². The van der Waals surface area contributed by atoms with Gasteiger partial charge in [0.05, 0.1) is 31.2 Å². The Morgan fingerprint density at radius 3 is 2.71 bits per heavy atom. The van der Waals surface area contributed by atoms with Crippen LogP contribution in [0.5, 0.6) is 17.2 Å². The van der Waals surface area contributed by atoms with Crippen LogP contribution in [0, 0.1) is 0 Å². The first-order chi connectivity index (χ1) is 16.7. The van der Waals surface area contributed by atoms with Crippen molar-refractivity contribution in [3.05, 3.63) is 89.3 Å². The smallest absolute Gasteiger partial charge is 0.343 e. The van der Waals surface area contributed by atoms with Crippen LogP contribution in [-0.4, -0.2) is 30.9 Å². The second-order valence-electron chi connectivity index (χ2n) is 7.03. The van der Waals surface area contributed by atoms with Crippen LogP contribution in [0.1, 0.15) is 22.8 Å². The number of rotatable bonds is 9. The largest absolute Gasteiger partial charge is 0.497 e. The Balaban J connectivity index is 1.44. The highest BCUT2D eigenvalue weighted by Gasteiger charge is 2.14. The third-order valence-electron chi connectivity index (χ3n) is 4.72. The Kier molecular flexibility index (Phi) is 7.52. The van der Waals surface area contributed by atoms with Crippen LogP contribution in [0.15, 0.2) is 83.3 Å². The fourth-order valence-corrected chi connectivity index (χ4v) is 3.76. The van der Waals surface area contributed by atoms with Gasteiger partial charge in [-0.25, -0.2) is 9.78 Å². The number of methoxy groups -OCH3 is 1. The Hall–Kier alpha value is -4.17. The van der Waals surface area contributed by atoms with E-state index in [0.717, 1.165) is 16.8 Å². The molecule has 3 aromatic carbocycles. The molecule has 0 saturated heterocycles. The van der Waals surface area contributed by atoms with Gasteiger partial charge in [0.25, 0.3) is 0 Å². The van der Waals surface area contributed by atoms with Gasteiger partial charge in [-0.3, -0.25) is 5.43 Å². The van der Waals surface area contributed by atoms with E-state index in [2.05, 4.69) is 15.5 Å². The molecule has 8 heteroatoms. The lowest BCUT2D eigenvalue weighted by Gasteiger charge is -2.11. The Bertz CT molecular complexity index is 1290. The Morgan fingerprint density at radius 1 is 1.06 bits per heavy atom. The molecule has 0 atom stereocenters. The molecule has 0 fully saturated rings. The predicted molar refractivity (Wildman–Crippen MR) is 134 cm³/mol. The summed E-state index contributed by atoms with van der Waals surface area (Å²) in [6.07, 6.45) is 1.65. The summed E-state index contributed by atoms with van der Waals surface area (Å²) in [5, 5.41) is 6.94. The second kappa shape index (κ2) is 11.1. The van der Waals surface area contributed by atoms with Gasteiger partial charge in [-0.15, -0.1) is 11.3 Å².